The monoisotopic (exact) mass is 272 g/mol. The molecule has 1 fully saturated rings. The topological polar surface area (TPSA) is 53.4 Å². The summed E-state index contributed by atoms with van der Waals surface area (Å²) in [4.78, 5) is 18.7. The second-order valence-electron chi connectivity index (χ2n) is 4.90. The van der Waals surface area contributed by atoms with Gasteiger partial charge in [-0.15, -0.1) is 0 Å². The fraction of sp³-hybridized carbons (Fsp3) is 0.500. The lowest BCUT2D eigenvalue weighted by molar-refractivity contribution is 0.0737. The Bertz CT molecular complexity index is 527. The average molecular weight is 272 g/mol. The Morgan fingerprint density at radius 2 is 2.35 bits per heavy atom. The summed E-state index contributed by atoms with van der Waals surface area (Å²) < 4.78 is 0. The number of aliphatic hydroxyl groups is 1. The minimum atomic E-state index is -0.0248. The number of nitrogens with zero attached hydrogens (tertiary/aromatic N) is 2. The van der Waals surface area contributed by atoms with Crippen molar-refractivity contribution in [3.8, 4) is 11.8 Å². The number of aromatic nitrogens is 1. The first-order valence-electron chi connectivity index (χ1n) is 7.13. The van der Waals surface area contributed by atoms with E-state index in [1.54, 1.807) is 12.3 Å². The predicted octanol–water partition coefficient (Wildman–Crippen LogP) is 1.83. The van der Waals surface area contributed by atoms with E-state index in [1.807, 2.05) is 11.0 Å². The molecule has 1 heterocycles. The van der Waals surface area contributed by atoms with Crippen LogP contribution in [0.3, 0.4) is 0 Å². The van der Waals surface area contributed by atoms with Gasteiger partial charge < -0.3 is 10.0 Å². The van der Waals surface area contributed by atoms with Crippen LogP contribution in [0, 0.1) is 11.8 Å². The third kappa shape index (κ3) is 3.58. The minimum absolute atomic E-state index is 0.0248. The third-order valence-corrected chi connectivity index (χ3v) is 3.18. The zero-order valence-corrected chi connectivity index (χ0v) is 11.8. The average Bonchev–Trinajstić information content (AvgIpc) is 3.29. The number of pyridine rings is 1. The molecule has 0 aliphatic heterocycles. The van der Waals surface area contributed by atoms with Crippen molar-refractivity contribution in [2.75, 3.05) is 13.2 Å². The molecule has 0 atom stereocenters. The highest BCUT2D eigenvalue weighted by Crippen LogP contribution is 2.28. The van der Waals surface area contributed by atoms with Gasteiger partial charge in [0.2, 0.25) is 0 Å². The molecule has 106 valence electrons. The first-order valence-corrected chi connectivity index (χ1v) is 7.13. The Balaban J connectivity index is 2.22. The maximum absolute atomic E-state index is 12.6. The van der Waals surface area contributed by atoms with Crippen LogP contribution in [0.25, 0.3) is 0 Å². The standard InChI is InChI=1S/C16H20N2O2/c1-2-11-18(14-8-9-14)16(20)15-13(6-3-4-12-19)7-5-10-17-15/h5,7,10,14,19H,2,4,8-9,11-12H2,1H3. The Morgan fingerprint density at radius 1 is 1.55 bits per heavy atom. The van der Waals surface area contributed by atoms with Gasteiger partial charge >= 0.3 is 0 Å². The highest BCUT2D eigenvalue weighted by Gasteiger charge is 2.33. The molecule has 1 N–H and O–H groups in total. The lowest BCUT2D eigenvalue weighted by Gasteiger charge is -2.21. The Labute approximate surface area is 119 Å². The summed E-state index contributed by atoms with van der Waals surface area (Å²) in [5, 5.41) is 8.77. The molecule has 1 saturated carbocycles. The van der Waals surface area contributed by atoms with E-state index in [1.165, 1.54) is 0 Å². The van der Waals surface area contributed by atoms with Crippen molar-refractivity contribution in [2.45, 2.75) is 38.6 Å². The number of hydrogen-bond acceptors (Lipinski definition) is 3. The van der Waals surface area contributed by atoms with E-state index in [0.717, 1.165) is 25.8 Å². The Morgan fingerprint density at radius 3 is 3.00 bits per heavy atom. The summed E-state index contributed by atoms with van der Waals surface area (Å²) in [7, 11) is 0. The van der Waals surface area contributed by atoms with Gasteiger partial charge in [0.1, 0.15) is 5.69 Å². The molecule has 1 amide bonds. The Hall–Kier alpha value is -1.86. The van der Waals surface area contributed by atoms with Crippen molar-refractivity contribution >= 4 is 5.91 Å². The van der Waals surface area contributed by atoms with Gasteiger partial charge in [-0.3, -0.25) is 4.79 Å². The van der Waals surface area contributed by atoms with Gasteiger partial charge in [0.25, 0.3) is 5.91 Å². The molecule has 20 heavy (non-hydrogen) atoms. The number of carbonyl (C=O) groups excluding carboxylic acids is 1. The van der Waals surface area contributed by atoms with E-state index in [2.05, 4.69) is 23.7 Å². The largest absolute Gasteiger partial charge is 0.395 e. The highest BCUT2D eigenvalue weighted by molar-refractivity contribution is 5.95. The molecule has 0 spiro atoms. The van der Waals surface area contributed by atoms with E-state index in [9.17, 15) is 4.79 Å². The maximum Gasteiger partial charge on any atom is 0.273 e. The summed E-state index contributed by atoms with van der Waals surface area (Å²) in [6.07, 6.45) is 5.15. The molecular weight excluding hydrogens is 252 g/mol. The molecular formula is C16H20N2O2. The van der Waals surface area contributed by atoms with Gasteiger partial charge in [-0.05, 0) is 31.4 Å². The molecule has 0 bridgehead atoms. The summed E-state index contributed by atoms with van der Waals surface area (Å²) in [6.45, 7) is 2.87. The number of amides is 1. The number of rotatable bonds is 5. The second kappa shape index (κ2) is 7.06. The van der Waals surface area contributed by atoms with Crippen LogP contribution in [0.15, 0.2) is 18.3 Å². The van der Waals surface area contributed by atoms with Crippen LogP contribution in [0.4, 0.5) is 0 Å². The molecule has 0 saturated heterocycles. The summed E-state index contributed by atoms with van der Waals surface area (Å²) in [5.74, 6) is 5.76. The van der Waals surface area contributed by atoms with E-state index in [-0.39, 0.29) is 12.5 Å². The zero-order chi connectivity index (χ0) is 14.4. The fourth-order valence-electron chi connectivity index (χ4n) is 2.10. The summed E-state index contributed by atoms with van der Waals surface area (Å²) >= 11 is 0. The van der Waals surface area contributed by atoms with Gasteiger partial charge in [0, 0.05) is 25.2 Å². The van der Waals surface area contributed by atoms with Crippen molar-refractivity contribution in [3.63, 3.8) is 0 Å². The highest BCUT2D eigenvalue weighted by atomic mass is 16.2. The van der Waals surface area contributed by atoms with Crippen LogP contribution in [0.1, 0.15) is 48.7 Å². The van der Waals surface area contributed by atoms with Crippen molar-refractivity contribution < 1.29 is 9.90 Å². The Kier molecular flexibility index (Phi) is 5.14. The van der Waals surface area contributed by atoms with E-state index >= 15 is 0 Å². The molecule has 1 aliphatic carbocycles. The van der Waals surface area contributed by atoms with Crippen molar-refractivity contribution in [3.05, 3.63) is 29.6 Å². The minimum Gasteiger partial charge on any atom is -0.395 e. The molecule has 1 aliphatic rings. The lowest BCUT2D eigenvalue weighted by Crippen LogP contribution is -2.34. The van der Waals surface area contributed by atoms with Crippen LogP contribution in [-0.4, -0.2) is 40.1 Å². The van der Waals surface area contributed by atoms with Crippen LogP contribution in [-0.2, 0) is 0 Å². The zero-order valence-electron chi connectivity index (χ0n) is 11.8. The van der Waals surface area contributed by atoms with E-state index < -0.39 is 0 Å². The summed E-state index contributed by atoms with van der Waals surface area (Å²) in [6, 6.07) is 3.96. The molecule has 0 radical (unpaired) electrons. The predicted molar refractivity (Wildman–Crippen MR) is 77.2 cm³/mol. The molecule has 4 nitrogen and oxygen atoms in total. The first kappa shape index (κ1) is 14.5. The van der Waals surface area contributed by atoms with Crippen LogP contribution >= 0.6 is 0 Å². The number of aliphatic hydroxyl groups excluding tert-OH is 1. The first-order chi connectivity index (χ1) is 9.77. The van der Waals surface area contributed by atoms with Gasteiger partial charge in [-0.25, -0.2) is 4.98 Å². The maximum atomic E-state index is 12.6. The number of carbonyl (C=O) groups is 1. The van der Waals surface area contributed by atoms with Gasteiger partial charge in [-0.1, -0.05) is 18.8 Å². The van der Waals surface area contributed by atoms with Crippen LogP contribution < -0.4 is 0 Å². The quantitative estimate of drug-likeness (QED) is 0.832. The van der Waals surface area contributed by atoms with Gasteiger partial charge in [-0.2, -0.15) is 0 Å². The molecule has 0 unspecified atom stereocenters. The molecule has 2 rings (SSSR count). The normalized spacial score (nSPS) is 13.5. The smallest absolute Gasteiger partial charge is 0.273 e. The third-order valence-electron chi connectivity index (χ3n) is 3.18. The second-order valence-corrected chi connectivity index (χ2v) is 4.90. The van der Waals surface area contributed by atoms with Crippen LogP contribution in [0.2, 0.25) is 0 Å². The van der Waals surface area contributed by atoms with Crippen molar-refractivity contribution in [1.29, 1.82) is 0 Å². The number of hydrogen-bond donors (Lipinski definition) is 1. The molecule has 1 aromatic rings. The van der Waals surface area contributed by atoms with Crippen molar-refractivity contribution in [2.24, 2.45) is 0 Å². The van der Waals surface area contributed by atoms with E-state index in [4.69, 9.17) is 5.11 Å². The summed E-state index contributed by atoms with van der Waals surface area (Å²) in [5.41, 5.74) is 1.07. The fourth-order valence-corrected chi connectivity index (χ4v) is 2.10. The van der Waals surface area contributed by atoms with Gasteiger partial charge in [0.05, 0.1) is 12.2 Å². The molecule has 0 aromatic carbocycles. The van der Waals surface area contributed by atoms with Gasteiger partial charge in [0.15, 0.2) is 0 Å². The van der Waals surface area contributed by atoms with E-state index in [0.29, 0.717) is 23.7 Å². The SMILES string of the molecule is CCCN(C(=O)c1ncccc1C#CCCO)C1CC1. The molecule has 1 aromatic heterocycles. The van der Waals surface area contributed by atoms with Crippen molar-refractivity contribution in [1.82, 2.24) is 9.88 Å². The van der Waals surface area contributed by atoms with Crippen LogP contribution in [0.5, 0.6) is 0 Å². The lowest BCUT2D eigenvalue weighted by atomic mass is 10.1. The molecule has 4 heteroatoms.